The molecular weight excluding hydrogens is 326 g/mol. The zero-order valence-electron chi connectivity index (χ0n) is 13.9. The lowest BCUT2D eigenvalue weighted by atomic mass is 10.00. The maximum absolute atomic E-state index is 12.6. The summed E-state index contributed by atoms with van der Waals surface area (Å²) in [5, 5.41) is 11.5. The SMILES string of the molecule is CN=Nc1ccc(-c2c[nH]c3nc(NC)ncc23)cc1CCC(F)F. The van der Waals surface area contributed by atoms with E-state index in [-0.39, 0.29) is 12.8 Å². The van der Waals surface area contributed by atoms with Gasteiger partial charge in [0.05, 0.1) is 5.69 Å². The van der Waals surface area contributed by atoms with Crippen molar-refractivity contribution in [2.75, 3.05) is 19.4 Å². The summed E-state index contributed by atoms with van der Waals surface area (Å²) in [6, 6.07) is 5.57. The molecule has 130 valence electrons. The number of rotatable bonds is 6. The Kier molecular flexibility index (Phi) is 4.97. The van der Waals surface area contributed by atoms with E-state index in [1.54, 1.807) is 26.4 Å². The van der Waals surface area contributed by atoms with Crippen LogP contribution in [-0.2, 0) is 6.42 Å². The predicted octanol–water partition coefficient (Wildman–Crippen LogP) is 4.58. The molecule has 0 aliphatic rings. The van der Waals surface area contributed by atoms with Gasteiger partial charge in [-0.1, -0.05) is 6.07 Å². The fourth-order valence-corrected chi connectivity index (χ4v) is 2.69. The third-order valence-corrected chi connectivity index (χ3v) is 3.89. The van der Waals surface area contributed by atoms with Crippen molar-refractivity contribution in [1.82, 2.24) is 15.0 Å². The number of aromatic nitrogens is 3. The topological polar surface area (TPSA) is 78.3 Å². The third-order valence-electron chi connectivity index (χ3n) is 3.89. The number of hydrogen-bond acceptors (Lipinski definition) is 5. The first kappa shape index (κ1) is 16.9. The van der Waals surface area contributed by atoms with Crippen molar-refractivity contribution in [3.63, 3.8) is 0 Å². The van der Waals surface area contributed by atoms with Crippen molar-refractivity contribution < 1.29 is 8.78 Å². The third kappa shape index (κ3) is 3.62. The van der Waals surface area contributed by atoms with Gasteiger partial charge in [0, 0.05) is 43.9 Å². The quantitative estimate of drug-likeness (QED) is 0.643. The van der Waals surface area contributed by atoms with E-state index in [2.05, 4.69) is 30.5 Å². The molecule has 0 atom stereocenters. The number of anilines is 1. The molecule has 0 amide bonds. The molecule has 1 aromatic carbocycles. The molecule has 3 aromatic rings. The van der Waals surface area contributed by atoms with E-state index in [4.69, 9.17) is 0 Å². The number of H-pyrrole nitrogens is 1. The number of nitrogens with zero attached hydrogens (tertiary/aromatic N) is 4. The molecule has 0 bridgehead atoms. The molecule has 0 radical (unpaired) electrons. The zero-order valence-corrected chi connectivity index (χ0v) is 13.9. The summed E-state index contributed by atoms with van der Waals surface area (Å²) in [4.78, 5) is 11.7. The molecule has 8 heteroatoms. The van der Waals surface area contributed by atoms with Gasteiger partial charge in [-0.2, -0.15) is 15.2 Å². The highest BCUT2D eigenvalue weighted by atomic mass is 19.3. The summed E-state index contributed by atoms with van der Waals surface area (Å²) in [6.45, 7) is 0. The molecule has 2 heterocycles. The second kappa shape index (κ2) is 7.33. The minimum atomic E-state index is -2.35. The van der Waals surface area contributed by atoms with Gasteiger partial charge in [-0.05, 0) is 29.7 Å². The molecule has 25 heavy (non-hydrogen) atoms. The van der Waals surface area contributed by atoms with Gasteiger partial charge in [-0.15, -0.1) is 0 Å². The minimum Gasteiger partial charge on any atom is -0.357 e. The Morgan fingerprint density at radius 1 is 1.32 bits per heavy atom. The number of fused-ring (bicyclic) bond motifs is 1. The highest BCUT2D eigenvalue weighted by Crippen LogP contribution is 2.32. The Morgan fingerprint density at radius 3 is 2.88 bits per heavy atom. The van der Waals surface area contributed by atoms with Crippen LogP contribution in [0.5, 0.6) is 0 Å². The summed E-state index contributed by atoms with van der Waals surface area (Å²) in [5.74, 6) is 0.525. The molecule has 0 fully saturated rings. The number of hydrogen-bond donors (Lipinski definition) is 2. The van der Waals surface area contributed by atoms with E-state index >= 15 is 0 Å². The van der Waals surface area contributed by atoms with Crippen LogP contribution in [0.1, 0.15) is 12.0 Å². The summed E-state index contributed by atoms with van der Waals surface area (Å²) in [7, 11) is 3.31. The molecule has 0 unspecified atom stereocenters. The van der Waals surface area contributed by atoms with E-state index in [0.29, 0.717) is 17.3 Å². The number of halogens is 2. The number of aryl methyl sites for hydroxylation is 1. The number of benzene rings is 1. The maximum atomic E-state index is 12.6. The number of nitrogens with one attached hydrogen (secondary N) is 2. The second-order valence-electron chi connectivity index (χ2n) is 5.48. The molecule has 0 saturated carbocycles. The number of alkyl halides is 2. The summed E-state index contributed by atoms with van der Waals surface area (Å²) < 4.78 is 25.2. The van der Waals surface area contributed by atoms with Crippen molar-refractivity contribution in [2.24, 2.45) is 10.2 Å². The maximum Gasteiger partial charge on any atom is 0.239 e. The molecule has 0 spiro atoms. The van der Waals surface area contributed by atoms with Crippen LogP contribution in [0.25, 0.3) is 22.2 Å². The Hall–Kier alpha value is -2.90. The van der Waals surface area contributed by atoms with Gasteiger partial charge >= 0.3 is 0 Å². The van der Waals surface area contributed by atoms with Crippen LogP contribution in [0.2, 0.25) is 0 Å². The Bertz CT molecular complexity index is 903. The van der Waals surface area contributed by atoms with Crippen LogP contribution in [-0.4, -0.2) is 35.5 Å². The van der Waals surface area contributed by atoms with E-state index < -0.39 is 6.43 Å². The average Bonchev–Trinajstić information content (AvgIpc) is 3.04. The standard InChI is InChI=1S/C17H18F2N6/c1-20-17-23-9-13-12(8-22-16(13)24-17)10-3-5-14(25-21-2)11(7-10)4-6-15(18)19/h3,5,7-9,15H,4,6H2,1-2H3,(H2,20,22,23,24). The Labute approximate surface area is 143 Å². The van der Waals surface area contributed by atoms with Crippen LogP contribution >= 0.6 is 0 Å². The van der Waals surface area contributed by atoms with Gasteiger partial charge in [0.2, 0.25) is 12.4 Å². The van der Waals surface area contributed by atoms with E-state index in [1.165, 1.54) is 0 Å². The molecule has 0 aliphatic heterocycles. The van der Waals surface area contributed by atoms with Crippen molar-refractivity contribution in [3.05, 3.63) is 36.2 Å². The molecule has 0 aliphatic carbocycles. The zero-order chi connectivity index (χ0) is 17.8. The Balaban J connectivity index is 2.03. The van der Waals surface area contributed by atoms with Crippen LogP contribution < -0.4 is 5.32 Å². The lowest BCUT2D eigenvalue weighted by Crippen LogP contribution is -1.96. The highest BCUT2D eigenvalue weighted by Gasteiger charge is 2.12. The van der Waals surface area contributed by atoms with E-state index in [9.17, 15) is 8.78 Å². The molecule has 0 saturated heterocycles. The first-order chi connectivity index (χ1) is 12.1. The van der Waals surface area contributed by atoms with Crippen molar-refractivity contribution in [3.8, 4) is 11.1 Å². The van der Waals surface area contributed by atoms with Crippen LogP contribution in [0.15, 0.2) is 40.8 Å². The van der Waals surface area contributed by atoms with Gasteiger partial charge < -0.3 is 10.3 Å². The van der Waals surface area contributed by atoms with E-state index in [0.717, 1.165) is 22.1 Å². The summed E-state index contributed by atoms with van der Waals surface area (Å²) >= 11 is 0. The fourth-order valence-electron chi connectivity index (χ4n) is 2.69. The monoisotopic (exact) mass is 344 g/mol. The Morgan fingerprint density at radius 2 is 2.16 bits per heavy atom. The smallest absolute Gasteiger partial charge is 0.239 e. The van der Waals surface area contributed by atoms with Gasteiger partial charge in [-0.25, -0.2) is 13.8 Å². The van der Waals surface area contributed by atoms with Gasteiger partial charge in [0.25, 0.3) is 0 Å². The molecular formula is C17H18F2N6. The van der Waals surface area contributed by atoms with Gasteiger partial charge in [-0.3, -0.25) is 0 Å². The van der Waals surface area contributed by atoms with Gasteiger partial charge in [0.1, 0.15) is 5.65 Å². The molecule has 6 nitrogen and oxygen atoms in total. The first-order valence-corrected chi connectivity index (χ1v) is 7.85. The average molecular weight is 344 g/mol. The van der Waals surface area contributed by atoms with Crippen molar-refractivity contribution in [1.29, 1.82) is 0 Å². The number of azo groups is 1. The predicted molar refractivity (Wildman–Crippen MR) is 93.6 cm³/mol. The largest absolute Gasteiger partial charge is 0.357 e. The van der Waals surface area contributed by atoms with Crippen LogP contribution in [0.3, 0.4) is 0 Å². The van der Waals surface area contributed by atoms with Crippen molar-refractivity contribution >= 4 is 22.7 Å². The minimum absolute atomic E-state index is 0.210. The summed E-state index contributed by atoms with van der Waals surface area (Å²) in [5.41, 5.74) is 3.87. The molecule has 2 aromatic heterocycles. The normalized spacial score (nSPS) is 11.7. The second-order valence-corrected chi connectivity index (χ2v) is 5.48. The first-order valence-electron chi connectivity index (χ1n) is 7.85. The van der Waals surface area contributed by atoms with Gasteiger partial charge in [0.15, 0.2) is 0 Å². The highest BCUT2D eigenvalue weighted by molar-refractivity contribution is 5.93. The summed E-state index contributed by atoms with van der Waals surface area (Å²) in [6.07, 6.45) is 1.25. The lowest BCUT2D eigenvalue weighted by molar-refractivity contribution is 0.138. The van der Waals surface area contributed by atoms with Crippen molar-refractivity contribution in [2.45, 2.75) is 19.3 Å². The van der Waals surface area contributed by atoms with Crippen LogP contribution in [0, 0.1) is 0 Å². The fraction of sp³-hybridized carbons (Fsp3) is 0.294. The van der Waals surface area contributed by atoms with Crippen LogP contribution in [0.4, 0.5) is 20.4 Å². The lowest BCUT2D eigenvalue weighted by Gasteiger charge is -2.08. The molecule has 2 N–H and O–H groups in total. The molecule has 3 rings (SSSR count). The van der Waals surface area contributed by atoms with E-state index in [1.807, 2.05) is 18.3 Å². The number of aromatic amines is 1.